The molecule has 0 aliphatic heterocycles. The number of fused-ring (bicyclic) bond motifs is 2. The summed E-state index contributed by atoms with van der Waals surface area (Å²) in [5.41, 5.74) is 0. The summed E-state index contributed by atoms with van der Waals surface area (Å²) in [6.45, 7) is 7.45. The summed E-state index contributed by atoms with van der Waals surface area (Å²) in [4.78, 5) is 3.41. The number of hydrogen-bond acceptors (Lipinski definition) is 0. The smallest absolute Gasteiger partial charge is 0.215 e. The van der Waals surface area contributed by atoms with Crippen molar-refractivity contribution in [3.63, 3.8) is 0 Å². The highest BCUT2D eigenvalue weighted by molar-refractivity contribution is 5.10. The highest BCUT2D eigenvalue weighted by Crippen LogP contribution is 2.44. The highest BCUT2D eigenvalue weighted by atomic mass is 14.6. The molecule has 0 spiro atoms. The van der Waals surface area contributed by atoms with E-state index in [1.165, 1.54) is 12.8 Å². The largest absolute Gasteiger partial charge is 0.317 e. The highest BCUT2D eigenvalue weighted by Gasteiger charge is 2.35. The monoisotopic (exact) mass is 147 g/mol. The third-order valence-electron chi connectivity index (χ3n) is 3.03. The van der Waals surface area contributed by atoms with Crippen LogP contribution in [0.15, 0.2) is 12.2 Å². The molecule has 0 aromatic rings. The Labute approximate surface area is 67.9 Å². The molecular weight excluding hydrogens is 134 g/mol. The molecule has 3 unspecified atom stereocenters. The number of nitrogens with zero attached hydrogens (tertiary/aromatic N) is 1. The van der Waals surface area contributed by atoms with Crippen molar-refractivity contribution in [1.29, 1.82) is 0 Å². The first-order valence-corrected chi connectivity index (χ1v) is 4.41. The molecule has 1 saturated carbocycles. The Kier molecular flexibility index (Phi) is 1.69. The van der Waals surface area contributed by atoms with Gasteiger partial charge in [0.05, 0.1) is 0 Å². The van der Waals surface area contributed by atoms with Gasteiger partial charge in [0.2, 0.25) is 6.54 Å². The van der Waals surface area contributed by atoms with Crippen molar-refractivity contribution < 1.29 is 0 Å². The van der Waals surface area contributed by atoms with E-state index in [2.05, 4.69) is 17.0 Å². The number of allylic oxidation sites excluding steroid dienone is 2. The van der Waals surface area contributed by atoms with Crippen LogP contribution in [0.1, 0.15) is 19.3 Å². The van der Waals surface area contributed by atoms with E-state index in [0.717, 1.165) is 30.7 Å². The van der Waals surface area contributed by atoms with Gasteiger partial charge in [0.15, 0.2) is 0 Å². The lowest BCUT2D eigenvalue weighted by Gasteiger charge is -2.14. The molecule has 0 radical (unpaired) electrons. The van der Waals surface area contributed by atoms with Gasteiger partial charge in [0.1, 0.15) is 0 Å². The van der Waals surface area contributed by atoms with Crippen LogP contribution in [0.5, 0.6) is 0 Å². The second kappa shape index (κ2) is 2.70. The molecule has 3 atom stereocenters. The Morgan fingerprint density at radius 3 is 2.82 bits per heavy atom. The van der Waals surface area contributed by atoms with Crippen molar-refractivity contribution in [3.05, 3.63) is 23.6 Å². The lowest BCUT2D eigenvalue weighted by Crippen LogP contribution is -2.07. The fraction of sp³-hybridized carbons (Fsp3) is 0.700. The fourth-order valence-electron chi connectivity index (χ4n) is 2.46. The van der Waals surface area contributed by atoms with Crippen LogP contribution in [0.2, 0.25) is 0 Å². The Morgan fingerprint density at radius 1 is 1.36 bits per heavy atom. The van der Waals surface area contributed by atoms with Gasteiger partial charge in [0.25, 0.3) is 0 Å². The van der Waals surface area contributed by atoms with Gasteiger partial charge in [-0.15, -0.1) is 0 Å². The van der Waals surface area contributed by atoms with Gasteiger partial charge in [-0.25, -0.2) is 6.57 Å². The second-order valence-corrected chi connectivity index (χ2v) is 3.71. The summed E-state index contributed by atoms with van der Waals surface area (Å²) in [5.74, 6) is 2.55. The molecule has 0 heterocycles. The van der Waals surface area contributed by atoms with Crippen LogP contribution in [0.4, 0.5) is 0 Å². The van der Waals surface area contributed by atoms with Crippen molar-refractivity contribution >= 4 is 0 Å². The zero-order valence-electron chi connectivity index (χ0n) is 6.66. The first-order chi connectivity index (χ1) is 5.40. The molecule has 0 aromatic carbocycles. The normalized spacial score (nSPS) is 39.4. The van der Waals surface area contributed by atoms with Gasteiger partial charge in [-0.05, 0) is 30.6 Å². The van der Waals surface area contributed by atoms with Gasteiger partial charge >= 0.3 is 0 Å². The summed E-state index contributed by atoms with van der Waals surface area (Å²) in [7, 11) is 0. The molecule has 1 heteroatoms. The molecule has 2 aliphatic rings. The lowest BCUT2D eigenvalue weighted by atomic mass is 9.91. The van der Waals surface area contributed by atoms with E-state index >= 15 is 0 Å². The molecule has 58 valence electrons. The molecule has 2 rings (SSSR count). The second-order valence-electron chi connectivity index (χ2n) is 3.71. The summed E-state index contributed by atoms with van der Waals surface area (Å²) >= 11 is 0. The number of hydrogen-bond donors (Lipinski definition) is 0. The van der Waals surface area contributed by atoms with Crippen LogP contribution in [-0.4, -0.2) is 6.54 Å². The maximum absolute atomic E-state index is 6.71. The van der Waals surface area contributed by atoms with Crippen molar-refractivity contribution in [3.8, 4) is 0 Å². The van der Waals surface area contributed by atoms with E-state index in [0.29, 0.717) is 0 Å². The Hall–Kier alpha value is -0.770. The van der Waals surface area contributed by atoms with E-state index < -0.39 is 0 Å². The minimum Gasteiger partial charge on any atom is -0.317 e. The van der Waals surface area contributed by atoms with Gasteiger partial charge < -0.3 is 4.85 Å². The van der Waals surface area contributed by atoms with Crippen LogP contribution in [0, 0.1) is 24.3 Å². The van der Waals surface area contributed by atoms with Gasteiger partial charge in [0, 0.05) is 6.42 Å². The molecular formula is C10H13N. The topological polar surface area (TPSA) is 4.36 Å². The Balaban J connectivity index is 1.89. The summed E-state index contributed by atoms with van der Waals surface area (Å²) in [5, 5.41) is 0. The summed E-state index contributed by atoms with van der Waals surface area (Å²) < 4.78 is 0. The molecule has 0 aromatic heterocycles. The van der Waals surface area contributed by atoms with E-state index in [4.69, 9.17) is 6.57 Å². The lowest BCUT2D eigenvalue weighted by molar-refractivity contribution is 0.430. The SMILES string of the molecule is [C-]#[N+]CCC1CC2C=CC1C2. The predicted molar refractivity (Wildman–Crippen MR) is 44.9 cm³/mol. The van der Waals surface area contributed by atoms with E-state index in [9.17, 15) is 0 Å². The van der Waals surface area contributed by atoms with Crippen molar-refractivity contribution in [2.24, 2.45) is 17.8 Å². The van der Waals surface area contributed by atoms with Crippen molar-refractivity contribution in [2.45, 2.75) is 19.3 Å². The molecule has 0 N–H and O–H groups in total. The van der Waals surface area contributed by atoms with Crippen LogP contribution >= 0.6 is 0 Å². The van der Waals surface area contributed by atoms with E-state index in [1.54, 1.807) is 0 Å². The van der Waals surface area contributed by atoms with Crippen LogP contribution < -0.4 is 0 Å². The zero-order valence-corrected chi connectivity index (χ0v) is 6.66. The van der Waals surface area contributed by atoms with E-state index in [-0.39, 0.29) is 0 Å². The number of rotatable bonds is 2. The fourth-order valence-corrected chi connectivity index (χ4v) is 2.46. The van der Waals surface area contributed by atoms with E-state index in [1.807, 2.05) is 0 Å². The zero-order chi connectivity index (χ0) is 7.68. The molecule has 2 aliphatic carbocycles. The van der Waals surface area contributed by atoms with Gasteiger partial charge in [-0.3, -0.25) is 0 Å². The minimum absolute atomic E-state index is 0.738. The Morgan fingerprint density at radius 2 is 2.27 bits per heavy atom. The third-order valence-corrected chi connectivity index (χ3v) is 3.03. The molecule has 0 saturated heterocycles. The average Bonchev–Trinajstić information content (AvgIpc) is 2.60. The molecule has 11 heavy (non-hydrogen) atoms. The van der Waals surface area contributed by atoms with Crippen LogP contribution in [0.25, 0.3) is 4.85 Å². The molecule has 1 fully saturated rings. The molecule has 1 nitrogen and oxygen atoms in total. The van der Waals surface area contributed by atoms with Gasteiger partial charge in [-0.1, -0.05) is 12.2 Å². The Bertz CT molecular complexity index is 211. The molecule has 0 amide bonds. The van der Waals surface area contributed by atoms with Crippen molar-refractivity contribution in [2.75, 3.05) is 6.54 Å². The summed E-state index contributed by atoms with van der Waals surface area (Å²) in [6.07, 6.45) is 8.59. The molecule has 2 bridgehead atoms. The maximum atomic E-state index is 6.71. The van der Waals surface area contributed by atoms with Crippen LogP contribution in [-0.2, 0) is 0 Å². The third kappa shape index (κ3) is 1.18. The maximum Gasteiger partial charge on any atom is 0.215 e. The standard InChI is InChI=1S/C10H13N/c1-11-5-4-10-7-8-2-3-9(10)6-8/h2-3,8-10H,4-7H2. The predicted octanol–water partition coefficient (Wildman–Crippen LogP) is 2.51. The average molecular weight is 147 g/mol. The minimum atomic E-state index is 0.738. The van der Waals surface area contributed by atoms with Gasteiger partial charge in [-0.2, -0.15) is 0 Å². The quantitative estimate of drug-likeness (QED) is 0.417. The summed E-state index contributed by atoms with van der Waals surface area (Å²) in [6, 6.07) is 0. The first-order valence-electron chi connectivity index (χ1n) is 4.41. The van der Waals surface area contributed by atoms with Crippen molar-refractivity contribution in [1.82, 2.24) is 0 Å². The van der Waals surface area contributed by atoms with Crippen LogP contribution in [0.3, 0.4) is 0 Å². The first kappa shape index (κ1) is 6.91.